The Morgan fingerprint density at radius 1 is 1.30 bits per heavy atom. The molecule has 1 aliphatic heterocycles. The Hall–Kier alpha value is -1.59. The van der Waals surface area contributed by atoms with E-state index in [1.54, 1.807) is 12.1 Å². The average Bonchev–Trinajstić information content (AvgIpc) is 2.64. The number of phenolic OH excluding ortho intramolecular Hbond substituents is 1. The molecule has 0 radical (unpaired) electrons. The van der Waals surface area contributed by atoms with Crippen LogP contribution in [0.5, 0.6) is 5.75 Å². The third kappa shape index (κ3) is 3.49. The first-order chi connectivity index (χ1) is 9.61. The molecule has 1 amide bonds. The van der Waals surface area contributed by atoms with Gasteiger partial charge in [-0.25, -0.2) is 0 Å². The molecule has 0 saturated carbocycles. The fourth-order valence-electron chi connectivity index (χ4n) is 2.57. The van der Waals surface area contributed by atoms with Gasteiger partial charge in [-0.2, -0.15) is 0 Å². The maximum atomic E-state index is 12.5. The van der Waals surface area contributed by atoms with Crippen LogP contribution in [0.2, 0.25) is 0 Å². The van der Waals surface area contributed by atoms with Gasteiger partial charge in [-0.3, -0.25) is 4.79 Å². The van der Waals surface area contributed by atoms with Crippen molar-refractivity contribution < 1.29 is 9.90 Å². The van der Waals surface area contributed by atoms with E-state index in [0.29, 0.717) is 18.7 Å². The van der Waals surface area contributed by atoms with Crippen molar-refractivity contribution in [3.05, 3.63) is 29.3 Å². The van der Waals surface area contributed by atoms with Crippen molar-refractivity contribution in [2.45, 2.75) is 13.3 Å². The monoisotopic (exact) mass is 277 g/mol. The largest absolute Gasteiger partial charge is 0.507 e. The zero-order chi connectivity index (χ0) is 14.5. The molecule has 1 aromatic carbocycles. The fourth-order valence-corrected chi connectivity index (χ4v) is 2.57. The minimum absolute atomic E-state index is 0.0676. The Balaban J connectivity index is 2.05. The van der Waals surface area contributed by atoms with Gasteiger partial charge in [0, 0.05) is 32.7 Å². The standard InChI is InChI=1S/C15H23N3O2/c1-12-3-4-13(14(19)11-12)15(20)18-7-2-6-17(8-5-16)9-10-18/h3-4,11,19H,2,5-10,16H2,1H3. The second-order valence-corrected chi connectivity index (χ2v) is 5.30. The summed E-state index contributed by atoms with van der Waals surface area (Å²) in [5.74, 6) is -0.0184. The number of nitrogens with zero attached hydrogens (tertiary/aromatic N) is 2. The van der Waals surface area contributed by atoms with Gasteiger partial charge >= 0.3 is 0 Å². The predicted molar refractivity (Wildman–Crippen MR) is 78.9 cm³/mol. The number of aromatic hydroxyl groups is 1. The highest BCUT2D eigenvalue weighted by Gasteiger charge is 2.21. The highest BCUT2D eigenvalue weighted by Crippen LogP contribution is 2.20. The van der Waals surface area contributed by atoms with Crippen LogP contribution in [-0.2, 0) is 0 Å². The van der Waals surface area contributed by atoms with Gasteiger partial charge in [-0.05, 0) is 37.6 Å². The van der Waals surface area contributed by atoms with Crippen molar-refractivity contribution in [2.24, 2.45) is 5.73 Å². The van der Waals surface area contributed by atoms with Gasteiger partial charge in [-0.1, -0.05) is 6.07 Å². The molecular weight excluding hydrogens is 254 g/mol. The second-order valence-electron chi connectivity index (χ2n) is 5.30. The maximum absolute atomic E-state index is 12.5. The second kappa shape index (κ2) is 6.72. The van der Waals surface area contributed by atoms with Crippen LogP contribution in [0.25, 0.3) is 0 Å². The van der Waals surface area contributed by atoms with Crippen LogP contribution in [0.15, 0.2) is 18.2 Å². The van der Waals surface area contributed by atoms with Crippen LogP contribution in [0, 0.1) is 6.92 Å². The summed E-state index contributed by atoms with van der Waals surface area (Å²) in [6.45, 7) is 6.64. The number of hydrogen-bond donors (Lipinski definition) is 2. The van der Waals surface area contributed by atoms with E-state index >= 15 is 0 Å². The molecule has 110 valence electrons. The van der Waals surface area contributed by atoms with Gasteiger partial charge in [0.1, 0.15) is 5.75 Å². The first kappa shape index (κ1) is 14.8. The number of rotatable bonds is 3. The van der Waals surface area contributed by atoms with Crippen molar-refractivity contribution in [2.75, 3.05) is 39.3 Å². The zero-order valence-corrected chi connectivity index (χ0v) is 12.0. The number of aryl methyl sites for hydroxylation is 1. The lowest BCUT2D eigenvalue weighted by atomic mass is 10.1. The Bertz CT molecular complexity index is 476. The van der Waals surface area contributed by atoms with Crippen LogP contribution in [0.4, 0.5) is 0 Å². The summed E-state index contributed by atoms with van der Waals surface area (Å²) in [5.41, 5.74) is 6.91. The Morgan fingerprint density at radius 3 is 2.80 bits per heavy atom. The van der Waals surface area contributed by atoms with E-state index in [-0.39, 0.29) is 11.7 Å². The highest BCUT2D eigenvalue weighted by molar-refractivity contribution is 5.96. The van der Waals surface area contributed by atoms with Crippen LogP contribution in [-0.4, -0.2) is 60.1 Å². The van der Waals surface area contributed by atoms with Gasteiger partial charge in [0.25, 0.3) is 5.91 Å². The van der Waals surface area contributed by atoms with Crippen molar-refractivity contribution in [3.8, 4) is 5.75 Å². The molecule has 1 heterocycles. The van der Waals surface area contributed by atoms with E-state index in [0.717, 1.165) is 38.2 Å². The molecule has 2 rings (SSSR count). The topological polar surface area (TPSA) is 69.8 Å². The first-order valence-corrected chi connectivity index (χ1v) is 7.13. The molecule has 5 nitrogen and oxygen atoms in total. The average molecular weight is 277 g/mol. The third-order valence-electron chi connectivity index (χ3n) is 3.70. The third-order valence-corrected chi connectivity index (χ3v) is 3.70. The van der Waals surface area contributed by atoms with Gasteiger partial charge in [0.05, 0.1) is 5.56 Å². The molecular formula is C15H23N3O2. The molecule has 1 fully saturated rings. The van der Waals surface area contributed by atoms with Crippen LogP contribution in [0.1, 0.15) is 22.3 Å². The van der Waals surface area contributed by atoms with Gasteiger partial charge in [0.15, 0.2) is 0 Å². The van der Waals surface area contributed by atoms with Crippen LogP contribution < -0.4 is 5.73 Å². The molecule has 1 saturated heterocycles. The number of phenols is 1. The van der Waals surface area contributed by atoms with E-state index in [4.69, 9.17) is 5.73 Å². The van der Waals surface area contributed by atoms with Gasteiger partial charge in [0.2, 0.25) is 0 Å². The van der Waals surface area contributed by atoms with Crippen molar-refractivity contribution in [3.63, 3.8) is 0 Å². The molecule has 0 bridgehead atoms. The summed E-state index contributed by atoms with van der Waals surface area (Å²) in [5, 5.41) is 9.92. The normalized spacial score (nSPS) is 17.0. The summed E-state index contributed by atoms with van der Waals surface area (Å²) in [7, 11) is 0. The molecule has 0 atom stereocenters. The number of carbonyl (C=O) groups excluding carboxylic acids is 1. The van der Waals surface area contributed by atoms with E-state index < -0.39 is 0 Å². The lowest BCUT2D eigenvalue weighted by molar-refractivity contribution is 0.0758. The summed E-state index contributed by atoms with van der Waals surface area (Å²) in [6.07, 6.45) is 0.943. The molecule has 0 aromatic heterocycles. The van der Waals surface area contributed by atoms with E-state index in [9.17, 15) is 9.90 Å². The summed E-state index contributed by atoms with van der Waals surface area (Å²) in [6, 6.07) is 5.19. The minimum Gasteiger partial charge on any atom is -0.507 e. The molecule has 0 spiro atoms. The molecule has 5 heteroatoms. The number of amides is 1. The van der Waals surface area contributed by atoms with Crippen LogP contribution >= 0.6 is 0 Å². The van der Waals surface area contributed by atoms with E-state index in [1.165, 1.54) is 0 Å². The fraction of sp³-hybridized carbons (Fsp3) is 0.533. The quantitative estimate of drug-likeness (QED) is 0.857. The van der Waals surface area contributed by atoms with Crippen molar-refractivity contribution >= 4 is 5.91 Å². The summed E-state index contributed by atoms with van der Waals surface area (Å²) >= 11 is 0. The Kier molecular flexibility index (Phi) is 4.98. The minimum atomic E-state index is -0.0860. The molecule has 0 aliphatic carbocycles. The number of nitrogens with two attached hydrogens (primary N) is 1. The molecule has 0 unspecified atom stereocenters. The number of hydrogen-bond acceptors (Lipinski definition) is 4. The van der Waals surface area contributed by atoms with Crippen molar-refractivity contribution in [1.82, 2.24) is 9.80 Å². The molecule has 20 heavy (non-hydrogen) atoms. The predicted octanol–water partition coefficient (Wildman–Crippen LogP) is 0.807. The van der Waals surface area contributed by atoms with E-state index in [2.05, 4.69) is 4.90 Å². The lowest BCUT2D eigenvalue weighted by Gasteiger charge is -2.22. The highest BCUT2D eigenvalue weighted by atomic mass is 16.3. The SMILES string of the molecule is Cc1ccc(C(=O)N2CCCN(CCN)CC2)c(O)c1. The summed E-state index contributed by atoms with van der Waals surface area (Å²) in [4.78, 5) is 16.6. The molecule has 1 aliphatic rings. The first-order valence-electron chi connectivity index (χ1n) is 7.13. The van der Waals surface area contributed by atoms with Gasteiger partial charge in [-0.15, -0.1) is 0 Å². The molecule has 1 aromatic rings. The zero-order valence-electron chi connectivity index (χ0n) is 12.0. The summed E-state index contributed by atoms with van der Waals surface area (Å²) < 4.78 is 0. The number of carbonyl (C=O) groups is 1. The van der Waals surface area contributed by atoms with Crippen LogP contribution in [0.3, 0.4) is 0 Å². The van der Waals surface area contributed by atoms with E-state index in [1.807, 2.05) is 17.9 Å². The smallest absolute Gasteiger partial charge is 0.257 e. The number of benzene rings is 1. The van der Waals surface area contributed by atoms with Gasteiger partial charge < -0.3 is 20.6 Å². The lowest BCUT2D eigenvalue weighted by Crippen LogP contribution is -2.36. The maximum Gasteiger partial charge on any atom is 0.257 e. The Labute approximate surface area is 120 Å². The molecule has 3 N–H and O–H groups in total. The van der Waals surface area contributed by atoms with Crippen molar-refractivity contribution in [1.29, 1.82) is 0 Å². The Morgan fingerprint density at radius 2 is 2.10 bits per heavy atom.